The van der Waals surface area contributed by atoms with Crippen LogP contribution < -0.4 is 10.1 Å². The molecule has 4 rings (SSSR count). The van der Waals surface area contributed by atoms with E-state index < -0.39 is 6.36 Å². The van der Waals surface area contributed by atoms with Crippen LogP contribution in [0.5, 0.6) is 5.75 Å². The molecule has 0 aliphatic carbocycles. The molecule has 0 atom stereocenters. The average Bonchev–Trinajstić information content (AvgIpc) is 2.78. The summed E-state index contributed by atoms with van der Waals surface area (Å²) in [5.74, 6) is -0.226. The molecule has 0 aliphatic rings. The molecule has 0 saturated heterocycles. The van der Waals surface area contributed by atoms with Crippen LogP contribution in [0.3, 0.4) is 0 Å². The van der Waals surface area contributed by atoms with Crippen molar-refractivity contribution in [3.05, 3.63) is 101 Å². The van der Waals surface area contributed by atoms with E-state index in [1.165, 1.54) is 17.7 Å². The van der Waals surface area contributed by atoms with Gasteiger partial charge in [0.15, 0.2) is 0 Å². The van der Waals surface area contributed by atoms with Crippen LogP contribution in [-0.4, -0.2) is 19.5 Å². The molecule has 4 aromatic carbocycles. The van der Waals surface area contributed by atoms with Crippen LogP contribution in [0.4, 0.5) is 13.2 Å². The minimum Gasteiger partial charge on any atom is -0.406 e. The topological polar surface area (TPSA) is 21.3 Å². The molecule has 0 unspecified atom stereocenters. The Morgan fingerprint density at radius 1 is 0.758 bits per heavy atom. The van der Waals surface area contributed by atoms with Crippen molar-refractivity contribution in [1.29, 1.82) is 0 Å². The first-order chi connectivity index (χ1) is 15.9. The number of alkyl halides is 3. The molecule has 0 saturated carbocycles. The molecule has 0 spiro atoms. The van der Waals surface area contributed by atoms with E-state index in [1.807, 2.05) is 36.4 Å². The van der Waals surface area contributed by atoms with E-state index in [-0.39, 0.29) is 5.75 Å². The van der Waals surface area contributed by atoms with Gasteiger partial charge in [-0.2, -0.15) is 0 Å². The molecule has 0 radical (unpaired) electrons. The summed E-state index contributed by atoms with van der Waals surface area (Å²) in [4.78, 5) is 0. The largest absolute Gasteiger partial charge is 0.573 e. The summed E-state index contributed by atoms with van der Waals surface area (Å²) in [6.45, 7) is 1.66. The Kier molecular flexibility index (Phi) is 7.21. The Balaban J connectivity index is 1.46. The predicted octanol–water partition coefficient (Wildman–Crippen LogP) is 7.43. The maximum Gasteiger partial charge on any atom is 0.573 e. The van der Waals surface area contributed by atoms with Crippen molar-refractivity contribution >= 4 is 22.4 Å². The number of fused-ring (bicyclic) bond motifs is 1. The van der Waals surface area contributed by atoms with Crippen molar-refractivity contribution in [2.75, 3.05) is 13.1 Å². The zero-order chi connectivity index (χ0) is 23.3. The van der Waals surface area contributed by atoms with Gasteiger partial charge in [-0.05, 0) is 83.2 Å². The van der Waals surface area contributed by atoms with Gasteiger partial charge in [0.2, 0.25) is 0 Å². The third-order valence-electron chi connectivity index (χ3n) is 5.39. The van der Waals surface area contributed by atoms with Crippen LogP contribution in [-0.2, 0) is 12.8 Å². The van der Waals surface area contributed by atoms with Crippen LogP contribution in [0, 0.1) is 0 Å². The first-order valence-corrected chi connectivity index (χ1v) is 11.1. The molecule has 33 heavy (non-hydrogen) atoms. The van der Waals surface area contributed by atoms with E-state index in [1.54, 1.807) is 12.1 Å². The number of benzene rings is 4. The average molecular weight is 470 g/mol. The highest BCUT2D eigenvalue weighted by molar-refractivity contribution is 6.30. The van der Waals surface area contributed by atoms with Gasteiger partial charge in [0.1, 0.15) is 5.75 Å². The fourth-order valence-corrected chi connectivity index (χ4v) is 4.09. The van der Waals surface area contributed by atoms with Crippen molar-refractivity contribution in [3.8, 4) is 16.9 Å². The van der Waals surface area contributed by atoms with Crippen LogP contribution in [0.15, 0.2) is 84.9 Å². The normalized spacial score (nSPS) is 11.6. The summed E-state index contributed by atoms with van der Waals surface area (Å²) in [5, 5.41) is 6.37. The Morgan fingerprint density at radius 2 is 1.48 bits per heavy atom. The highest BCUT2D eigenvalue weighted by Crippen LogP contribution is 2.32. The second-order valence-electron chi connectivity index (χ2n) is 7.82. The van der Waals surface area contributed by atoms with Gasteiger partial charge in [-0.15, -0.1) is 13.2 Å². The van der Waals surface area contributed by atoms with E-state index in [9.17, 15) is 13.2 Å². The van der Waals surface area contributed by atoms with Gasteiger partial charge in [0.05, 0.1) is 0 Å². The third-order valence-corrected chi connectivity index (χ3v) is 5.63. The number of rotatable bonds is 8. The molecule has 170 valence electrons. The van der Waals surface area contributed by atoms with Crippen molar-refractivity contribution in [2.24, 2.45) is 0 Å². The number of hydrogen-bond donors (Lipinski definition) is 1. The lowest BCUT2D eigenvalue weighted by Crippen LogP contribution is -2.20. The molecule has 1 N–H and O–H groups in total. The van der Waals surface area contributed by atoms with Crippen LogP contribution >= 0.6 is 11.6 Å². The lowest BCUT2D eigenvalue weighted by atomic mass is 9.94. The molecule has 0 heterocycles. The fraction of sp³-hybridized carbons (Fsp3) is 0.185. The van der Waals surface area contributed by atoms with Gasteiger partial charge in [0, 0.05) is 5.02 Å². The summed E-state index contributed by atoms with van der Waals surface area (Å²) in [6.07, 6.45) is -2.97. The molecule has 6 heteroatoms. The minimum atomic E-state index is -4.70. The van der Waals surface area contributed by atoms with Crippen molar-refractivity contribution < 1.29 is 17.9 Å². The fourth-order valence-electron chi connectivity index (χ4n) is 3.87. The molecular weight excluding hydrogens is 447 g/mol. The number of nitrogens with one attached hydrogen (secondary N) is 1. The molecular formula is C27H23ClF3NO. The minimum absolute atomic E-state index is 0.226. The third kappa shape index (κ3) is 6.50. The summed E-state index contributed by atoms with van der Waals surface area (Å²) >= 11 is 6.04. The molecule has 2 nitrogen and oxygen atoms in total. The van der Waals surface area contributed by atoms with Crippen molar-refractivity contribution in [2.45, 2.75) is 19.2 Å². The monoisotopic (exact) mass is 469 g/mol. The lowest BCUT2D eigenvalue weighted by Gasteiger charge is -2.13. The second-order valence-corrected chi connectivity index (χ2v) is 8.25. The van der Waals surface area contributed by atoms with Crippen LogP contribution in [0.25, 0.3) is 21.9 Å². The Morgan fingerprint density at radius 3 is 2.21 bits per heavy atom. The predicted molar refractivity (Wildman–Crippen MR) is 128 cm³/mol. The highest BCUT2D eigenvalue weighted by atomic mass is 35.5. The zero-order valence-corrected chi connectivity index (χ0v) is 18.6. The first kappa shape index (κ1) is 23.1. The summed E-state index contributed by atoms with van der Waals surface area (Å²) in [6, 6.07) is 26.2. The van der Waals surface area contributed by atoms with Gasteiger partial charge < -0.3 is 10.1 Å². The van der Waals surface area contributed by atoms with E-state index >= 15 is 0 Å². The Hall–Kier alpha value is -3.02. The van der Waals surface area contributed by atoms with Gasteiger partial charge in [-0.1, -0.05) is 72.3 Å². The standard InChI is InChI=1S/C27H23ClF3NO/c28-23-6-3-4-19(17-23)12-14-32-15-13-20-16-22-5-1-2-7-25(22)26(18-20)21-8-10-24(11-9-21)33-27(29,30)31/h1-11,16-18,32H,12-15H2. The van der Waals surface area contributed by atoms with E-state index in [0.29, 0.717) is 0 Å². The summed E-state index contributed by atoms with van der Waals surface area (Å²) in [7, 11) is 0. The molecule has 0 amide bonds. The van der Waals surface area contributed by atoms with Crippen LogP contribution in [0.2, 0.25) is 5.02 Å². The molecule has 4 aromatic rings. The smallest absolute Gasteiger partial charge is 0.406 e. The van der Waals surface area contributed by atoms with Gasteiger partial charge in [-0.25, -0.2) is 0 Å². The highest BCUT2D eigenvalue weighted by Gasteiger charge is 2.31. The van der Waals surface area contributed by atoms with Gasteiger partial charge >= 0.3 is 6.36 Å². The number of halogens is 4. The maximum absolute atomic E-state index is 12.5. The first-order valence-electron chi connectivity index (χ1n) is 10.7. The second kappa shape index (κ2) is 10.3. The Bertz CT molecular complexity index is 1220. The van der Waals surface area contributed by atoms with Crippen molar-refractivity contribution in [1.82, 2.24) is 5.32 Å². The summed E-state index contributed by atoms with van der Waals surface area (Å²) < 4.78 is 41.4. The number of hydrogen-bond acceptors (Lipinski definition) is 2. The van der Waals surface area contributed by atoms with E-state index in [0.717, 1.165) is 58.4 Å². The van der Waals surface area contributed by atoms with E-state index in [4.69, 9.17) is 11.6 Å². The molecule has 0 bridgehead atoms. The van der Waals surface area contributed by atoms with Crippen molar-refractivity contribution in [3.63, 3.8) is 0 Å². The van der Waals surface area contributed by atoms with Gasteiger partial charge in [-0.3, -0.25) is 0 Å². The van der Waals surface area contributed by atoms with Gasteiger partial charge in [0.25, 0.3) is 0 Å². The molecule has 0 aliphatic heterocycles. The maximum atomic E-state index is 12.5. The van der Waals surface area contributed by atoms with E-state index in [2.05, 4.69) is 34.3 Å². The quantitative estimate of drug-likeness (QED) is 0.271. The summed E-state index contributed by atoms with van der Waals surface area (Å²) in [5.41, 5.74) is 4.19. The Labute approximate surface area is 196 Å². The number of ether oxygens (including phenoxy) is 1. The molecule has 0 fully saturated rings. The zero-order valence-electron chi connectivity index (χ0n) is 17.8. The lowest BCUT2D eigenvalue weighted by molar-refractivity contribution is -0.274. The van der Waals surface area contributed by atoms with Crippen LogP contribution in [0.1, 0.15) is 11.1 Å². The molecule has 0 aromatic heterocycles. The SMILES string of the molecule is FC(F)(F)Oc1ccc(-c2cc(CCNCCc3cccc(Cl)c3)cc3ccccc23)cc1.